The van der Waals surface area contributed by atoms with E-state index in [2.05, 4.69) is 10.3 Å². The van der Waals surface area contributed by atoms with Crippen LogP contribution in [0.4, 0.5) is 21.0 Å². The Labute approximate surface area is 140 Å². The summed E-state index contributed by atoms with van der Waals surface area (Å²) in [6, 6.07) is 12.7. The van der Waals surface area contributed by atoms with Crippen LogP contribution in [0.15, 0.2) is 48.5 Å². The van der Waals surface area contributed by atoms with Crippen molar-refractivity contribution in [2.75, 3.05) is 11.1 Å². The zero-order chi connectivity index (χ0) is 16.4. The Morgan fingerprint density at radius 1 is 1.17 bits per heavy atom. The molecule has 0 aliphatic heterocycles. The minimum absolute atomic E-state index is 0.105. The van der Waals surface area contributed by atoms with Crippen molar-refractivity contribution in [3.8, 4) is 0 Å². The summed E-state index contributed by atoms with van der Waals surface area (Å²) in [4.78, 5) is 16.8. The molecule has 0 aliphatic rings. The molecule has 3 rings (SSSR count). The lowest BCUT2D eigenvalue weighted by atomic mass is 10.1. The van der Waals surface area contributed by atoms with Crippen molar-refractivity contribution < 1.29 is 9.18 Å². The number of hydrogen-bond acceptors (Lipinski definition) is 5. The molecule has 0 bridgehead atoms. The summed E-state index contributed by atoms with van der Waals surface area (Å²) in [5, 5.41) is 3.72. The lowest BCUT2D eigenvalue weighted by Gasteiger charge is -2.02. The molecule has 0 atom stereocenters. The topological polar surface area (TPSA) is 68.0 Å². The molecule has 1 heterocycles. The maximum absolute atomic E-state index is 13.6. The summed E-state index contributed by atoms with van der Waals surface area (Å²) in [5.41, 5.74) is 6.55. The fourth-order valence-corrected chi connectivity index (χ4v) is 2.94. The second kappa shape index (κ2) is 6.36. The highest BCUT2D eigenvalue weighted by Crippen LogP contribution is 2.30. The molecule has 116 valence electrons. The minimum atomic E-state index is -0.410. The fourth-order valence-electron chi connectivity index (χ4n) is 1.96. The maximum Gasteiger partial charge on any atom is 0.206 e. The van der Waals surface area contributed by atoms with Gasteiger partial charge in [0, 0.05) is 10.6 Å². The van der Waals surface area contributed by atoms with Crippen LogP contribution in [0.1, 0.15) is 15.2 Å². The highest BCUT2D eigenvalue weighted by Gasteiger charge is 2.18. The molecule has 1 aromatic heterocycles. The number of nitrogen functional groups attached to an aromatic ring is 1. The molecule has 3 N–H and O–H groups in total. The number of carbonyl (C=O) groups is 1. The van der Waals surface area contributed by atoms with Crippen LogP contribution in [0.25, 0.3) is 0 Å². The van der Waals surface area contributed by atoms with Gasteiger partial charge in [-0.15, -0.1) is 0 Å². The molecule has 0 saturated carbocycles. The van der Waals surface area contributed by atoms with Crippen LogP contribution >= 0.6 is 22.9 Å². The maximum atomic E-state index is 13.6. The Kier molecular flexibility index (Phi) is 4.27. The first-order valence-corrected chi connectivity index (χ1v) is 7.82. The van der Waals surface area contributed by atoms with Gasteiger partial charge in [0.05, 0.1) is 5.69 Å². The molecule has 0 amide bonds. The van der Waals surface area contributed by atoms with Crippen molar-refractivity contribution in [1.29, 1.82) is 0 Å². The van der Waals surface area contributed by atoms with Crippen LogP contribution < -0.4 is 11.1 Å². The molecule has 0 unspecified atom stereocenters. The Morgan fingerprint density at radius 2 is 1.87 bits per heavy atom. The predicted octanol–water partition coefficient (Wildman–Crippen LogP) is 4.49. The average molecular weight is 348 g/mol. The van der Waals surface area contributed by atoms with Crippen molar-refractivity contribution in [3.63, 3.8) is 0 Å². The van der Waals surface area contributed by atoms with Crippen LogP contribution in [0, 0.1) is 5.82 Å². The van der Waals surface area contributed by atoms with E-state index in [4.69, 9.17) is 17.3 Å². The normalized spacial score (nSPS) is 10.5. The van der Waals surface area contributed by atoms with Gasteiger partial charge in [-0.3, -0.25) is 4.79 Å². The molecular weight excluding hydrogens is 337 g/mol. The molecular formula is C16H11ClFN3OS. The lowest BCUT2D eigenvalue weighted by Crippen LogP contribution is -2.02. The van der Waals surface area contributed by atoms with E-state index < -0.39 is 5.82 Å². The van der Waals surface area contributed by atoms with Gasteiger partial charge in [-0.1, -0.05) is 35.1 Å². The first-order valence-electron chi connectivity index (χ1n) is 6.62. The van der Waals surface area contributed by atoms with E-state index in [1.54, 1.807) is 42.5 Å². The smallest absolute Gasteiger partial charge is 0.206 e. The molecule has 0 radical (unpaired) electrons. The third-order valence-corrected chi connectivity index (χ3v) is 4.32. The van der Waals surface area contributed by atoms with Crippen LogP contribution in [-0.4, -0.2) is 10.8 Å². The van der Waals surface area contributed by atoms with Gasteiger partial charge in [-0.05, 0) is 36.4 Å². The van der Waals surface area contributed by atoms with E-state index in [1.807, 2.05) is 0 Å². The van der Waals surface area contributed by atoms with Crippen molar-refractivity contribution in [2.45, 2.75) is 0 Å². The number of halogens is 2. The number of nitrogens with one attached hydrogen (secondary N) is 1. The van der Waals surface area contributed by atoms with Crippen LogP contribution in [0.5, 0.6) is 0 Å². The number of thiazole rings is 1. The molecule has 23 heavy (non-hydrogen) atoms. The van der Waals surface area contributed by atoms with Gasteiger partial charge in [0.25, 0.3) is 0 Å². The highest BCUT2D eigenvalue weighted by molar-refractivity contribution is 7.18. The molecule has 0 spiro atoms. The van der Waals surface area contributed by atoms with E-state index in [0.29, 0.717) is 20.6 Å². The number of hydrogen-bond donors (Lipinski definition) is 2. The van der Waals surface area contributed by atoms with Gasteiger partial charge < -0.3 is 11.1 Å². The number of aromatic nitrogens is 1. The number of nitrogens with zero attached hydrogens (tertiary/aromatic N) is 1. The summed E-state index contributed by atoms with van der Waals surface area (Å²) in [6.07, 6.45) is 0. The van der Waals surface area contributed by atoms with E-state index >= 15 is 0 Å². The van der Waals surface area contributed by atoms with Crippen molar-refractivity contribution in [1.82, 2.24) is 4.98 Å². The monoisotopic (exact) mass is 347 g/mol. The van der Waals surface area contributed by atoms with Crippen molar-refractivity contribution in [2.24, 2.45) is 0 Å². The summed E-state index contributed by atoms with van der Waals surface area (Å²) in [6.45, 7) is 0. The Hall–Kier alpha value is -2.44. The van der Waals surface area contributed by atoms with Crippen molar-refractivity contribution in [3.05, 3.63) is 69.8 Å². The second-order valence-electron chi connectivity index (χ2n) is 4.67. The largest absolute Gasteiger partial charge is 0.382 e. The number of carbonyl (C=O) groups excluding carboxylic acids is 1. The standard InChI is InChI=1S/C16H11ClFN3OS/c17-10-7-5-9(6-8-10)13(22)14-15(19)21-16(23-14)20-12-4-2-1-3-11(12)18/h1-8H,19H2,(H,20,21). The van der Waals surface area contributed by atoms with Gasteiger partial charge in [0.15, 0.2) is 5.13 Å². The number of nitrogens with two attached hydrogens (primary N) is 1. The number of anilines is 3. The lowest BCUT2D eigenvalue weighted by molar-refractivity contribution is 0.104. The van der Waals surface area contributed by atoms with Crippen LogP contribution in [0.2, 0.25) is 5.02 Å². The van der Waals surface area contributed by atoms with Crippen molar-refractivity contribution >= 4 is 45.4 Å². The fraction of sp³-hybridized carbons (Fsp3) is 0. The quantitative estimate of drug-likeness (QED) is 0.682. The van der Waals surface area contributed by atoms with Gasteiger partial charge in [-0.2, -0.15) is 0 Å². The molecule has 7 heteroatoms. The zero-order valence-electron chi connectivity index (χ0n) is 11.7. The van der Waals surface area contributed by atoms with E-state index in [1.165, 1.54) is 6.07 Å². The second-order valence-corrected chi connectivity index (χ2v) is 6.11. The summed E-state index contributed by atoms with van der Waals surface area (Å²) in [7, 11) is 0. The van der Waals surface area contributed by atoms with E-state index in [0.717, 1.165) is 11.3 Å². The van der Waals surface area contributed by atoms with E-state index in [-0.39, 0.29) is 17.3 Å². The molecule has 4 nitrogen and oxygen atoms in total. The Balaban J connectivity index is 1.87. The van der Waals surface area contributed by atoms with Crippen LogP contribution in [-0.2, 0) is 0 Å². The minimum Gasteiger partial charge on any atom is -0.382 e. The van der Waals surface area contributed by atoms with Gasteiger partial charge in [0.1, 0.15) is 16.5 Å². The first kappa shape index (κ1) is 15.5. The average Bonchev–Trinajstić information content (AvgIpc) is 2.90. The number of para-hydroxylation sites is 1. The molecule has 0 aliphatic carbocycles. The number of ketones is 1. The molecule has 2 aromatic carbocycles. The number of benzene rings is 2. The predicted molar refractivity (Wildman–Crippen MR) is 91.1 cm³/mol. The molecule has 0 fully saturated rings. The highest BCUT2D eigenvalue weighted by atomic mass is 35.5. The number of rotatable bonds is 4. The third kappa shape index (κ3) is 3.33. The third-order valence-electron chi connectivity index (χ3n) is 3.08. The molecule has 0 saturated heterocycles. The van der Waals surface area contributed by atoms with Gasteiger partial charge in [0.2, 0.25) is 5.78 Å². The Bertz CT molecular complexity index is 864. The Morgan fingerprint density at radius 3 is 2.57 bits per heavy atom. The van der Waals surface area contributed by atoms with Gasteiger partial charge in [-0.25, -0.2) is 9.37 Å². The van der Waals surface area contributed by atoms with Crippen LogP contribution in [0.3, 0.4) is 0 Å². The SMILES string of the molecule is Nc1nc(Nc2ccccc2F)sc1C(=O)c1ccc(Cl)cc1. The molecule has 3 aromatic rings. The first-order chi connectivity index (χ1) is 11.0. The zero-order valence-corrected chi connectivity index (χ0v) is 13.3. The summed E-state index contributed by atoms with van der Waals surface area (Å²) in [5.74, 6) is -0.557. The van der Waals surface area contributed by atoms with E-state index in [9.17, 15) is 9.18 Å². The summed E-state index contributed by atoms with van der Waals surface area (Å²) < 4.78 is 13.6. The summed E-state index contributed by atoms with van der Waals surface area (Å²) >= 11 is 6.89. The van der Waals surface area contributed by atoms with Gasteiger partial charge >= 0.3 is 0 Å².